The van der Waals surface area contributed by atoms with E-state index in [0.29, 0.717) is 11.4 Å². The number of nitrogens with zero attached hydrogens (tertiary/aromatic N) is 3. The number of halogens is 1. The fraction of sp³-hybridized carbons (Fsp3) is 0.118. The fourth-order valence-electron chi connectivity index (χ4n) is 2.23. The molecule has 0 aliphatic carbocycles. The molecular formula is C17H15BrN4O2. The number of nitrogens with one attached hydrogen (secondary N) is 1. The van der Waals surface area contributed by atoms with E-state index in [0.717, 1.165) is 15.9 Å². The molecule has 0 unspecified atom stereocenters. The molecule has 0 spiro atoms. The van der Waals surface area contributed by atoms with Crippen LogP contribution in [0.4, 0.5) is 5.69 Å². The van der Waals surface area contributed by atoms with Crippen LogP contribution in [-0.2, 0) is 0 Å². The molecule has 6 nitrogen and oxygen atoms in total. The second kappa shape index (κ2) is 6.84. The van der Waals surface area contributed by atoms with Crippen LogP contribution in [0.15, 0.2) is 53.0 Å². The van der Waals surface area contributed by atoms with E-state index in [1.165, 1.54) is 0 Å². The third kappa shape index (κ3) is 3.30. The van der Waals surface area contributed by atoms with Gasteiger partial charge in [-0.05, 0) is 55.5 Å². The molecule has 3 rings (SSSR count). The lowest BCUT2D eigenvalue weighted by Crippen LogP contribution is -2.14. The molecule has 0 saturated heterocycles. The van der Waals surface area contributed by atoms with Crippen molar-refractivity contribution in [1.82, 2.24) is 15.0 Å². The van der Waals surface area contributed by atoms with E-state index >= 15 is 0 Å². The van der Waals surface area contributed by atoms with Crippen LogP contribution in [0, 0.1) is 6.92 Å². The third-order valence-corrected chi connectivity index (χ3v) is 4.06. The minimum absolute atomic E-state index is 0.286. The molecule has 1 amide bonds. The number of ether oxygens (including phenoxy) is 1. The zero-order chi connectivity index (χ0) is 17.1. The van der Waals surface area contributed by atoms with Crippen molar-refractivity contribution in [3.8, 4) is 11.4 Å². The van der Waals surface area contributed by atoms with E-state index in [1.54, 1.807) is 18.7 Å². The zero-order valence-electron chi connectivity index (χ0n) is 13.2. The lowest BCUT2D eigenvalue weighted by Gasteiger charge is -2.06. The van der Waals surface area contributed by atoms with Gasteiger partial charge < -0.3 is 10.1 Å². The smallest absolute Gasteiger partial charge is 0.278 e. The number of hydrogen-bond acceptors (Lipinski definition) is 4. The van der Waals surface area contributed by atoms with Gasteiger partial charge in [0.15, 0.2) is 5.69 Å². The molecule has 1 aromatic heterocycles. The van der Waals surface area contributed by atoms with E-state index in [2.05, 4.69) is 31.6 Å². The van der Waals surface area contributed by atoms with Crippen molar-refractivity contribution in [3.63, 3.8) is 0 Å². The Morgan fingerprint density at radius 1 is 1.12 bits per heavy atom. The van der Waals surface area contributed by atoms with Crippen molar-refractivity contribution >= 4 is 27.5 Å². The first-order chi connectivity index (χ1) is 11.6. The molecule has 0 aliphatic heterocycles. The summed E-state index contributed by atoms with van der Waals surface area (Å²) in [5.74, 6) is 0.458. The first-order valence-corrected chi connectivity index (χ1v) is 8.01. The van der Waals surface area contributed by atoms with Gasteiger partial charge in [-0.2, -0.15) is 0 Å². The summed E-state index contributed by atoms with van der Waals surface area (Å²) in [6.45, 7) is 1.81. The Morgan fingerprint density at radius 2 is 1.79 bits per heavy atom. The molecule has 0 radical (unpaired) electrons. The van der Waals surface area contributed by atoms with Gasteiger partial charge in [0.25, 0.3) is 5.91 Å². The molecule has 1 heterocycles. The molecule has 0 bridgehead atoms. The summed E-state index contributed by atoms with van der Waals surface area (Å²) in [6.07, 6.45) is 0. The number of benzene rings is 2. The number of rotatable bonds is 4. The molecule has 0 aliphatic rings. The molecule has 7 heteroatoms. The maximum atomic E-state index is 12.4. The number of methoxy groups -OCH3 is 1. The second-order valence-corrected chi connectivity index (χ2v) is 6.01. The van der Waals surface area contributed by atoms with Gasteiger partial charge in [-0.25, -0.2) is 4.68 Å². The maximum Gasteiger partial charge on any atom is 0.278 e. The van der Waals surface area contributed by atoms with Crippen LogP contribution in [0.25, 0.3) is 5.69 Å². The van der Waals surface area contributed by atoms with E-state index < -0.39 is 0 Å². The molecule has 0 atom stereocenters. The summed E-state index contributed by atoms with van der Waals surface area (Å²) in [6, 6.07) is 14.7. The summed E-state index contributed by atoms with van der Waals surface area (Å²) in [5, 5.41) is 10.9. The molecule has 0 fully saturated rings. The van der Waals surface area contributed by atoms with Gasteiger partial charge in [0, 0.05) is 10.2 Å². The third-order valence-electron chi connectivity index (χ3n) is 3.53. The standard InChI is InChI=1S/C17H15BrN4O2/c1-11-16(17(23)19-13-5-3-12(18)4-6-13)20-21-22(11)14-7-9-15(24-2)10-8-14/h3-10H,1-2H3,(H,19,23). The van der Waals surface area contributed by atoms with Crippen LogP contribution < -0.4 is 10.1 Å². The molecule has 3 aromatic rings. The largest absolute Gasteiger partial charge is 0.497 e. The Balaban J connectivity index is 1.83. The lowest BCUT2D eigenvalue weighted by molar-refractivity contribution is 0.102. The second-order valence-electron chi connectivity index (χ2n) is 5.09. The molecular weight excluding hydrogens is 372 g/mol. The summed E-state index contributed by atoms with van der Waals surface area (Å²) in [7, 11) is 1.61. The molecule has 0 saturated carbocycles. The summed E-state index contributed by atoms with van der Waals surface area (Å²) in [4.78, 5) is 12.4. The number of carbonyl (C=O) groups excluding carboxylic acids is 1. The molecule has 122 valence electrons. The van der Waals surface area contributed by atoms with Crippen LogP contribution in [0.5, 0.6) is 5.75 Å². The fourth-order valence-corrected chi connectivity index (χ4v) is 2.50. The molecule has 24 heavy (non-hydrogen) atoms. The van der Waals surface area contributed by atoms with E-state index in [4.69, 9.17) is 4.74 Å². The van der Waals surface area contributed by atoms with Crippen molar-refractivity contribution < 1.29 is 9.53 Å². The van der Waals surface area contributed by atoms with Gasteiger partial charge >= 0.3 is 0 Å². The van der Waals surface area contributed by atoms with Gasteiger partial charge in [-0.1, -0.05) is 21.1 Å². The predicted octanol–water partition coefficient (Wildman–Crippen LogP) is 3.60. The topological polar surface area (TPSA) is 69.0 Å². The summed E-state index contributed by atoms with van der Waals surface area (Å²) in [5.41, 5.74) is 2.45. The maximum absolute atomic E-state index is 12.4. The van der Waals surface area contributed by atoms with Crippen LogP contribution in [0.2, 0.25) is 0 Å². The number of amides is 1. The highest BCUT2D eigenvalue weighted by Crippen LogP contribution is 2.18. The van der Waals surface area contributed by atoms with Crippen molar-refractivity contribution in [3.05, 3.63) is 64.4 Å². The van der Waals surface area contributed by atoms with E-state index in [9.17, 15) is 4.79 Å². The average Bonchev–Trinajstić information content (AvgIpc) is 2.98. The zero-order valence-corrected chi connectivity index (χ0v) is 14.7. The average molecular weight is 387 g/mol. The highest BCUT2D eigenvalue weighted by Gasteiger charge is 2.17. The minimum Gasteiger partial charge on any atom is -0.497 e. The van der Waals surface area contributed by atoms with E-state index in [-0.39, 0.29) is 11.6 Å². The quantitative estimate of drug-likeness (QED) is 0.743. The Hall–Kier alpha value is -2.67. The summed E-state index contributed by atoms with van der Waals surface area (Å²) >= 11 is 3.36. The first kappa shape index (κ1) is 16.2. The number of anilines is 1. The number of carbonyl (C=O) groups is 1. The van der Waals surface area contributed by atoms with Crippen LogP contribution >= 0.6 is 15.9 Å². The van der Waals surface area contributed by atoms with Gasteiger partial charge in [-0.3, -0.25) is 4.79 Å². The Labute approximate surface area is 147 Å². The minimum atomic E-state index is -0.297. The Kier molecular flexibility index (Phi) is 4.61. The van der Waals surface area contributed by atoms with Crippen molar-refractivity contribution in [1.29, 1.82) is 0 Å². The highest BCUT2D eigenvalue weighted by atomic mass is 79.9. The van der Waals surface area contributed by atoms with Crippen molar-refractivity contribution in [2.24, 2.45) is 0 Å². The predicted molar refractivity (Wildman–Crippen MR) is 94.7 cm³/mol. The van der Waals surface area contributed by atoms with E-state index in [1.807, 2.05) is 48.5 Å². The first-order valence-electron chi connectivity index (χ1n) is 7.22. The Morgan fingerprint density at radius 3 is 2.42 bits per heavy atom. The Bertz CT molecular complexity index is 857. The number of hydrogen-bond donors (Lipinski definition) is 1. The van der Waals surface area contributed by atoms with Gasteiger partial charge in [0.1, 0.15) is 5.75 Å². The molecule has 1 N–H and O–H groups in total. The van der Waals surface area contributed by atoms with Gasteiger partial charge in [0.05, 0.1) is 18.5 Å². The van der Waals surface area contributed by atoms with Crippen LogP contribution in [-0.4, -0.2) is 28.0 Å². The summed E-state index contributed by atoms with van der Waals surface area (Å²) < 4.78 is 7.71. The van der Waals surface area contributed by atoms with Gasteiger partial charge in [-0.15, -0.1) is 5.10 Å². The molecule has 2 aromatic carbocycles. The van der Waals surface area contributed by atoms with Crippen molar-refractivity contribution in [2.45, 2.75) is 6.92 Å². The lowest BCUT2D eigenvalue weighted by atomic mass is 10.2. The van der Waals surface area contributed by atoms with Gasteiger partial charge in [0.2, 0.25) is 0 Å². The monoisotopic (exact) mass is 386 g/mol. The van der Waals surface area contributed by atoms with Crippen LogP contribution in [0.1, 0.15) is 16.2 Å². The SMILES string of the molecule is COc1ccc(-n2nnc(C(=O)Nc3ccc(Br)cc3)c2C)cc1. The number of aromatic nitrogens is 3. The highest BCUT2D eigenvalue weighted by molar-refractivity contribution is 9.10. The van der Waals surface area contributed by atoms with Crippen molar-refractivity contribution in [2.75, 3.05) is 12.4 Å². The van der Waals surface area contributed by atoms with Crippen LogP contribution in [0.3, 0.4) is 0 Å². The normalized spacial score (nSPS) is 10.5.